The van der Waals surface area contributed by atoms with Crippen molar-refractivity contribution in [2.24, 2.45) is 5.92 Å². The summed E-state index contributed by atoms with van der Waals surface area (Å²) in [4.78, 5) is 24.9. The van der Waals surface area contributed by atoms with E-state index < -0.39 is 22.9 Å². The molecule has 2 radical (unpaired) electrons. The van der Waals surface area contributed by atoms with E-state index in [9.17, 15) is 24.9 Å². The minimum atomic E-state index is -2.32. The minimum absolute atomic E-state index is 0. The van der Waals surface area contributed by atoms with Crippen LogP contribution in [0.5, 0.6) is 0 Å². The Balaban J connectivity index is 0.00000676. The van der Waals surface area contributed by atoms with E-state index in [1.165, 1.54) is 0 Å². The van der Waals surface area contributed by atoms with Gasteiger partial charge in [-0.05, 0) is 39.7 Å². The fraction of sp³-hybridized carbons (Fsp3) is 0.524. The van der Waals surface area contributed by atoms with Crippen molar-refractivity contribution in [2.75, 3.05) is 0 Å². The molecule has 0 amide bonds. The van der Waals surface area contributed by atoms with Gasteiger partial charge in [-0.1, -0.05) is 54.2 Å². The van der Waals surface area contributed by atoms with Gasteiger partial charge >= 0.3 is 27.3 Å². The maximum atomic E-state index is 12.8. The van der Waals surface area contributed by atoms with Gasteiger partial charge in [-0.15, -0.1) is 0 Å². The number of hydrogen-bond donors (Lipinski definition) is 1. The molecule has 6 heteroatoms. The Morgan fingerprint density at radius 3 is 2.04 bits per heavy atom. The first-order chi connectivity index (χ1) is 11.9. The first-order valence-electron chi connectivity index (χ1n) is 8.79. The SMILES string of the molecule is CC(C)=CCC1=C([O-])C(CC(=O)C(C)C)=C([O-])C(O)(CC=C(C)C)C1=O.[Pb+2]. The van der Waals surface area contributed by atoms with Crippen LogP contribution in [0.1, 0.15) is 60.8 Å². The molecule has 5 nitrogen and oxygen atoms in total. The van der Waals surface area contributed by atoms with Crippen LogP contribution in [0.3, 0.4) is 0 Å². The Morgan fingerprint density at radius 2 is 1.59 bits per heavy atom. The molecule has 0 fully saturated rings. The maximum absolute atomic E-state index is 12.8. The van der Waals surface area contributed by atoms with Crippen molar-refractivity contribution < 1.29 is 24.9 Å². The van der Waals surface area contributed by atoms with Gasteiger partial charge < -0.3 is 15.3 Å². The van der Waals surface area contributed by atoms with Gasteiger partial charge in [0, 0.05) is 18.8 Å². The molecule has 0 aliphatic heterocycles. The molecule has 0 heterocycles. The third kappa shape index (κ3) is 6.14. The van der Waals surface area contributed by atoms with E-state index in [1.807, 2.05) is 13.8 Å². The topological polar surface area (TPSA) is 100 Å². The second-order valence-corrected chi connectivity index (χ2v) is 7.57. The van der Waals surface area contributed by atoms with Crippen molar-refractivity contribution in [1.82, 2.24) is 0 Å². The third-order valence-corrected chi connectivity index (χ3v) is 4.36. The van der Waals surface area contributed by atoms with E-state index in [4.69, 9.17) is 0 Å². The number of aliphatic hydroxyl groups is 1. The van der Waals surface area contributed by atoms with Crippen molar-refractivity contribution in [3.05, 3.63) is 46.0 Å². The molecule has 146 valence electrons. The molecule has 0 aromatic carbocycles. The van der Waals surface area contributed by atoms with Gasteiger partial charge in [0.1, 0.15) is 11.4 Å². The minimum Gasteiger partial charge on any atom is -0.873 e. The van der Waals surface area contributed by atoms with E-state index >= 15 is 0 Å². The third-order valence-electron chi connectivity index (χ3n) is 4.36. The summed E-state index contributed by atoms with van der Waals surface area (Å²) >= 11 is 0. The Morgan fingerprint density at radius 1 is 1.07 bits per heavy atom. The molecule has 1 aliphatic rings. The molecule has 0 aromatic rings. The summed E-state index contributed by atoms with van der Waals surface area (Å²) in [5, 5.41) is 36.4. The second kappa shape index (κ2) is 10.4. The molecule has 27 heavy (non-hydrogen) atoms. The number of hydrogen-bond acceptors (Lipinski definition) is 5. The number of carbonyl (C=O) groups excluding carboxylic acids is 2. The standard InChI is InChI=1S/C21H30O5.Pb/c1-12(2)7-8-15-18(23)16(11-17(22)14(5)6)20(25)21(26,19(15)24)10-9-13(3)4;/h7,9,14,23,25-26H,8,10-11H2,1-6H3;/q;+2/p-2. The number of allylic oxidation sites excluding steroid dienone is 4. The van der Waals surface area contributed by atoms with Crippen molar-refractivity contribution >= 4 is 38.9 Å². The van der Waals surface area contributed by atoms with Gasteiger partial charge in [-0.2, -0.15) is 0 Å². The van der Waals surface area contributed by atoms with Crippen LogP contribution in [0.25, 0.3) is 0 Å². The van der Waals surface area contributed by atoms with Gasteiger partial charge in [0.25, 0.3) is 0 Å². The molecule has 0 saturated carbocycles. The van der Waals surface area contributed by atoms with Crippen LogP contribution in [0.2, 0.25) is 0 Å². The van der Waals surface area contributed by atoms with Gasteiger partial charge in [-0.3, -0.25) is 9.59 Å². The first-order valence-corrected chi connectivity index (χ1v) is 8.79. The van der Waals surface area contributed by atoms with Crippen LogP contribution >= 0.6 is 0 Å². The van der Waals surface area contributed by atoms with Gasteiger partial charge in [0.15, 0.2) is 5.78 Å². The average molecular weight is 568 g/mol. The van der Waals surface area contributed by atoms with E-state index in [1.54, 1.807) is 39.8 Å². The normalized spacial score (nSPS) is 19.8. The van der Waals surface area contributed by atoms with Crippen LogP contribution in [-0.2, 0) is 9.59 Å². The molecular weight excluding hydrogens is 539 g/mol. The van der Waals surface area contributed by atoms with Crippen LogP contribution in [0.15, 0.2) is 46.0 Å². The zero-order valence-corrected chi connectivity index (χ0v) is 20.8. The summed E-state index contributed by atoms with van der Waals surface area (Å²) in [6, 6.07) is 0. The fourth-order valence-electron chi connectivity index (χ4n) is 2.56. The van der Waals surface area contributed by atoms with Gasteiger partial charge in [0.05, 0.1) is 0 Å². The number of carbonyl (C=O) groups is 2. The summed E-state index contributed by atoms with van der Waals surface area (Å²) in [7, 11) is 0. The van der Waals surface area contributed by atoms with Gasteiger partial charge in [0.2, 0.25) is 0 Å². The average Bonchev–Trinajstić information content (AvgIpc) is 2.54. The summed E-state index contributed by atoms with van der Waals surface area (Å²) in [5.74, 6) is -3.15. The number of ketones is 2. The Hall–Kier alpha value is -1.22. The van der Waals surface area contributed by atoms with Crippen molar-refractivity contribution in [2.45, 2.75) is 66.4 Å². The van der Waals surface area contributed by atoms with Crippen molar-refractivity contribution in [3.8, 4) is 0 Å². The molecule has 1 N–H and O–H groups in total. The summed E-state index contributed by atoms with van der Waals surface area (Å²) < 4.78 is 0. The van der Waals surface area contributed by atoms with Crippen LogP contribution < -0.4 is 10.2 Å². The predicted octanol–water partition coefficient (Wildman–Crippen LogP) is 1.48. The number of Topliss-reactive ketones (excluding diaryl/α,β-unsaturated/α-hetero) is 2. The molecule has 1 unspecified atom stereocenters. The molecule has 1 aliphatic carbocycles. The number of rotatable bonds is 7. The second-order valence-electron chi connectivity index (χ2n) is 7.57. The van der Waals surface area contributed by atoms with E-state index in [2.05, 4.69) is 0 Å². The van der Waals surface area contributed by atoms with Crippen LogP contribution in [0.4, 0.5) is 0 Å². The monoisotopic (exact) mass is 568 g/mol. The van der Waals surface area contributed by atoms with E-state index in [0.717, 1.165) is 11.1 Å². The molecule has 1 rings (SSSR count). The Labute approximate surface area is 181 Å². The van der Waals surface area contributed by atoms with Crippen LogP contribution in [0, 0.1) is 5.92 Å². The smallest absolute Gasteiger partial charge is 0.873 e. The molecular formula is C21H28O5Pb. The summed E-state index contributed by atoms with van der Waals surface area (Å²) in [6.45, 7) is 10.6. The largest absolute Gasteiger partial charge is 2.00 e. The quantitative estimate of drug-likeness (QED) is 0.371. The zero-order chi connectivity index (χ0) is 20.2. The first kappa shape index (κ1) is 25.8. The Kier molecular flexibility index (Phi) is 9.89. The summed E-state index contributed by atoms with van der Waals surface area (Å²) in [5.41, 5.74) is -1.00. The molecule has 1 atom stereocenters. The molecule has 0 bridgehead atoms. The molecule has 0 spiro atoms. The predicted molar refractivity (Wildman–Crippen MR) is 102 cm³/mol. The van der Waals surface area contributed by atoms with Gasteiger partial charge in [-0.25, -0.2) is 0 Å². The maximum Gasteiger partial charge on any atom is 2.00 e. The van der Waals surface area contributed by atoms with E-state index in [-0.39, 0.29) is 69.4 Å². The zero-order valence-electron chi connectivity index (χ0n) is 16.9. The molecule has 0 saturated heterocycles. The van der Waals surface area contributed by atoms with Crippen molar-refractivity contribution in [3.63, 3.8) is 0 Å². The van der Waals surface area contributed by atoms with E-state index in [0.29, 0.717) is 0 Å². The molecule has 0 aromatic heterocycles. The van der Waals surface area contributed by atoms with Crippen LogP contribution in [-0.4, -0.2) is 49.6 Å². The Bertz CT molecular complexity index is 717. The summed E-state index contributed by atoms with van der Waals surface area (Å²) in [6.07, 6.45) is 2.75. The fourth-order valence-corrected chi connectivity index (χ4v) is 2.56. The van der Waals surface area contributed by atoms with Crippen molar-refractivity contribution in [1.29, 1.82) is 0 Å².